The summed E-state index contributed by atoms with van der Waals surface area (Å²) in [6.07, 6.45) is 1.91. The molecule has 0 saturated carbocycles. The molecular formula is C23H29Cl2N3O2. The number of halogens is 2. The molecule has 1 heterocycles. The number of nitrogens with zero attached hydrogens (tertiary/aromatic N) is 2. The van der Waals surface area contributed by atoms with Gasteiger partial charge in [-0.05, 0) is 42.2 Å². The number of nitrogens with one attached hydrogen (secondary N) is 1. The van der Waals surface area contributed by atoms with Gasteiger partial charge in [-0.1, -0.05) is 54.4 Å². The number of anilines is 1. The Labute approximate surface area is 188 Å². The lowest BCUT2D eigenvalue weighted by atomic mass is 10.1. The molecule has 0 atom stereocenters. The van der Waals surface area contributed by atoms with Crippen LogP contribution in [0.3, 0.4) is 0 Å². The van der Waals surface area contributed by atoms with Gasteiger partial charge in [0.25, 0.3) is 0 Å². The summed E-state index contributed by atoms with van der Waals surface area (Å²) < 4.78 is 5.41. The molecule has 0 radical (unpaired) electrons. The third-order valence-corrected chi connectivity index (χ3v) is 6.01. The lowest BCUT2D eigenvalue weighted by molar-refractivity contribution is 0.0365. The molecule has 5 nitrogen and oxygen atoms in total. The van der Waals surface area contributed by atoms with E-state index in [-0.39, 0.29) is 6.03 Å². The third kappa shape index (κ3) is 6.88. The summed E-state index contributed by atoms with van der Waals surface area (Å²) in [4.78, 5) is 17.3. The molecule has 0 spiro atoms. The lowest BCUT2D eigenvalue weighted by Crippen LogP contribution is -2.40. The number of rotatable bonds is 8. The van der Waals surface area contributed by atoms with Crippen LogP contribution < -0.4 is 5.32 Å². The maximum Gasteiger partial charge on any atom is 0.322 e. The zero-order valence-corrected chi connectivity index (χ0v) is 18.9. The van der Waals surface area contributed by atoms with Crippen LogP contribution in [0.25, 0.3) is 0 Å². The van der Waals surface area contributed by atoms with Crippen LogP contribution >= 0.6 is 23.2 Å². The Bertz CT molecular complexity index is 824. The number of benzene rings is 2. The fourth-order valence-corrected chi connectivity index (χ4v) is 3.74. The van der Waals surface area contributed by atoms with Crippen LogP contribution in [-0.2, 0) is 17.7 Å². The number of aryl methyl sites for hydroxylation is 1. The molecule has 2 amide bonds. The second-order valence-electron chi connectivity index (χ2n) is 7.46. The highest BCUT2D eigenvalue weighted by Gasteiger charge is 2.16. The van der Waals surface area contributed by atoms with Crippen molar-refractivity contribution in [2.24, 2.45) is 0 Å². The molecule has 3 rings (SSSR count). The van der Waals surface area contributed by atoms with Crippen molar-refractivity contribution < 1.29 is 9.53 Å². The van der Waals surface area contributed by atoms with Crippen molar-refractivity contribution in [3.8, 4) is 0 Å². The van der Waals surface area contributed by atoms with E-state index in [1.54, 1.807) is 18.2 Å². The minimum atomic E-state index is -0.144. The van der Waals surface area contributed by atoms with Gasteiger partial charge < -0.3 is 15.0 Å². The molecule has 0 bridgehead atoms. The molecule has 0 aliphatic carbocycles. The predicted molar refractivity (Wildman–Crippen MR) is 124 cm³/mol. The molecule has 162 valence electrons. The SMILES string of the molecule is CCc1ccc(CN(CCCN2CCOCC2)C(=O)Nc2ccc(Cl)c(Cl)c2)cc1. The number of hydrogen-bond acceptors (Lipinski definition) is 3. The Balaban J connectivity index is 1.64. The standard InChI is InChI=1S/C23H29Cl2N3O2/c1-2-18-4-6-19(7-5-18)17-28(11-3-10-27-12-14-30-15-13-27)23(29)26-20-8-9-21(24)22(25)16-20/h4-9,16H,2-3,10-15,17H2,1H3,(H,26,29). The summed E-state index contributed by atoms with van der Waals surface area (Å²) in [6.45, 7) is 7.78. The minimum Gasteiger partial charge on any atom is -0.379 e. The monoisotopic (exact) mass is 449 g/mol. The molecule has 1 fully saturated rings. The molecule has 1 saturated heterocycles. The van der Waals surface area contributed by atoms with Gasteiger partial charge in [-0.25, -0.2) is 4.79 Å². The summed E-state index contributed by atoms with van der Waals surface area (Å²) in [7, 11) is 0. The zero-order valence-electron chi connectivity index (χ0n) is 17.4. The fourth-order valence-electron chi connectivity index (χ4n) is 3.44. The van der Waals surface area contributed by atoms with Crippen molar-refractivity contribution in [3.63, 3.8) is 0 Å². The van der Waals surface area contributed by atoms with Crippen LogP contribution in [0.2, 0.25) is 10.0 Å². The lowest BCUT2D eigenvalue weighted by Gasteiger charge is -2.28. The van der Waals surface area contributed by atoms with Crippen LogP contribution in [0.5, 0.6) is 0 Å². The van der Waals surface area contributed by atoms with Gasteiger partial charge in [-0.15, -0.1) is 0 Å². The topological polar surface area (TPSA) is 44.8 Å². The van der Waals surface area contributed by atoms with Gasteiger partial charge in [0.1, 0.15) is 0 Å². The van der Waals surface area contributed by atoms with E-state index in [0.29, 0.717) is 28.8 Å². The van der Waals surface area contributed by atoms with Gasteiger partial charge >= 0.3 is 6.03 Å². The van der Waals surface area contributed by atoms with Crippen LogP contribution in [0, 0.1) is 0 Å². The van der Waals surface area contributed by atoms with Gasteiger partial charge in [0.15, 0.2) is 0 Å². The Kier molecular flexibility index (Phi) is 8.82. The molecular weight excluding hydrogens is 421 g/mol. The number of hydrogen-bond donors (Lipinski definition) is 1. The molecule has 7 heteroatoms. The van der Waals surface area contributed by atoms with Crippen molar-refractivity contribution in [1.29, 1.82) is 0 Å². The van der Waals surface area contributed by atoms with Crippen LogP contribution in [-0.4, -0.2) is 55.2 Å². The molecule has 1 N–H and O–H groups in total. The molecule has 2 aromatic rings. The van der Waals surface area contributed by atoms with E-state index in [2.05, 4.69) is 41.4 Å². The molecule has 1 aliphatic rings. The van der Waals surface area contributed by atoms with Crippen LogP contribution in [0.4, 0.5) is 10.5 Å². The van der Waals surface area contributed by atoms with Gasteiger partial charge in [0.05, 0.1) is 23.3 Å². The maximum absolute atomic E-state index is 13.0. The highest BCUT2D eigenvalue weighted by molar-refractivity contribution is 6.42. The molecule has 30 heavy (non-hydrogen) atoms. The van der Waals surface area contributed by atoms with E-state index < -0.39 is 0 Å². The maximum atomic E-state index is 13.0. The first-order chi connectivity index (χ1) is 14.5. The molecule has 2 aromatic carbocycles. The molecule has 0 unspecified atom stereocenters. The van der Waals surface area contributed by atoms with E-state index in [1.165, 1.54) is 5.56 Å². The van der Waals surface area contributed by atoms with Crippen LogP contribution in [0.15, 0.2) is 42.5 Å². The quantitative estimate of drug-likeness (QED) is 0.593. The summed E-state index contributed by atoms with van der Waals surface area (Å²) >= 11 is 12.1. The zero-order chi connectivity index (χ0) is 21.3. The number of morpholine rings is 1. The number of carbonyl (C=O) groups excluding carboxylic acids is 1. The fraction of sp³-hybridized carbons (Fsp3) is 0.435. The number of urea groups is 1. The van der Waals surface area contributed by atoms with E-state index >= 15 is 0 Å². The van der Waals surface area contributed by atoms with E-state index in [1.807, 2.05) is 4.90 Å². The summed E-state index contributed by atoms with van der Waals surface area (Å²) in [5.41, 5.74) is 3.04. The van der Waals surface area contributed by atoms with Gasteiger partial charge in [-0.3, -0.25) is 4.90 Å². The van der Waals surface area contributed by atoms with Gasteiger partial charge in [-0.2, -0.15) is 0 Å². The Morgan fingerprint density at radius 2 is 1.77 bits per heavy atom. The second-order valence-corrected chi connectivity index (χ2v) is 8.27. The number of carbonyl (C=O) groups is 1. The van der Waals surface area contributed by atoms with Crippen molar-refractivity contribution in [2.45, 2.75) is 26.3 Å². The summed E-state index contributed by atoms with van der Waals surface area (Å²) in [5.74, 6) is 0. The number of ether oxygens (including phenoxy) is 1. The largest absolute Gasteiger partial charge is 0.379 e. The third-order valence-electron chi connectivity index (χ3n) is 5.27. The average molecular weight is 450 g/mol. The Morgan fingerprint density at radius 1 is 1.07 bits per heavy atom. The normalized spacial score (nSPS) is 14.5. The first-order valence-corrected chi connectivity index (χ1v) is 11.2. The second kappa shape index (κ2) is 11.6. The Morgan fingerprint density at radius 3 is 2.43 bits per heavy atom. The highest BCUT2D eigenvalue weighted by atomic mass is 35.5. The van der Waals surface area contributed by atoms with Crippen molar-refractivity contribution >= 4 is 34.9 Å². The highest BCUT2D eigenvalue weighted by Crippen LogP contribution is 2.25. The van der Waals surface area contributed by atoms with E-state index in [4.69, 9.17) is 27.9 Å². The average Bonchev–Trinajstić information content (AvgIpc) is 2.77. The van der Waals surface area contributed by atoms with E-state index in [9.17, 15) is 4.79 Å². The summed E-state index contributed by atoms with van der Waals surface area (Å²) in [5, 5.41) is 3.84. The predicted octanol–water partition coefficient (Wildman–Crippen LogP) is 5.31. The van der Waals surface area contributed by atoms with Gasteiger partial charge in [0.2, 0.25) is 0 Å². The van der Waals surface area contributed by atoms with Gasteiger partial charge in [0, 0.05) is 38.4 Å². The first-order valence-electron chi connectivity index (χ1n) is 10.4. The smallest absolute Gasteiger partial charge is 0.322 e. The van der Waals surface area contributed by atoms with Crippen molar-refractivity contribution in [2.75, 3.05) is 44.7 Å². The Hall–Kier alpha value is -1.79. The molecule has 1 aliphatic heterocycles. The van der Waals surface area contributed by atoms with Crippen LogP contribution in [0.1, 0.15) is 24.5 Å². The summed E-state index contributed by atoms with van der Waals surface area (Å²) in [6, 6.07) is 13.4. The molecule has 0 aromatic heterocycles. The first kappa shape index (κ1) is 22.9. The van der Waals surface area contributed by atoms with Crippen molar-refractivity contribution in [1.82, 2.24) is 9.80 Å². The number of amides is 2. The minimum absolute atomic E-state index is 0.144. The van der Waals surface area contributed by atoms with Crippen molar-refractivity contribution in [3.05, 3.63) is 63.6 Å². The van der Waals surface area contributed by atoms with E-state index in [0.717, 1.165) is 51.3 Å².